The molecular weight excluding hydrogens is 234 g/mol. The van der Waals surface area contributed by atoms with Crippen molar-refractivity contribution in [1.82, 2.24) is 4.90 Å². The summed E-state index contributed by atoms with van der Waals surface area (Å²) in [6.07, 6.45) is 0.555. The summed E-state index contributed by atoms with van der Waals surface area (Å²) in [5, 5.41) is 9.14. The van der Waals surface area contributed by atoms with Gasteiger partial charge in [-0.3, -0.25) is 4.90 Å². The molecule has 0 amide bonds. The van der Waals surface area contributed by atoms with Crippen molar-refractivity contribution in [2.75, 3.05) is 13.1 Å². The Morgan fingerprint density at radius 2 is 1.78 bits per heavy atom. The van der Waals surface area contributed by atoms with E-state index in [0.717, 1.165) is 19.2 Å². The molecule has 0 aromatic rings. The van der Waals surface area contributed by atoms with Crippen LogP contribution in [0.15, 0.2) is 24.8 Å². The van der Waals surface area contributed by atoms with E-state index in [4.69, 9.17) is 14.6 Å². The van der Waals surface area contributed by atoms with Gasteiger partial charge < -0.3 is 14.6 Å². The molecule has 0 heterocycles. The van der Waals surface area contributed by atoms with Crippen LogP contribution in [0, 0.1) is 0 Å². The van der Waals surface area contributed by atoms with Crippen LogP contribution >= 0.6 is 0 Å². The lowest BCUT2D eigenvalue weighted by Gasteiger charge is -2.25. The van der Waals surface area contributed by atoms with Gasteiger partial charge in [0.2, 0.25) is 0 Å². The van der Waals surface area contributed by atoms with Gasteiger partial charge in [-0.15, -0.1) is 0 Å². The Hall–Kier alpha value is -1.62. The van der Waals surface area contributed by atoms with E-state index >= 15 is 0 Å². The highest BCUT2D eigenvalue weighted by molar-refractivity contribution is 5.87. The van der Waals surface area contributed by atoms with E-state index in [1.807, 2.05) is 20.8 Å². The Labute approximate surface area is 109 Å². The number of carboxylic acids is 1. The van der Waals surface area contributed by atoms with E-state index in [1.54, 1.807) is 6.92 Å². The molecule has 0 saturated heterocycles. The van der Waals surface area contributed by atoms with Gasteiger partial charge in [0.1, 0.15) is 0 Å². The molecule has 0 radical (unpaired) electrons. The van der Waals surface area contributed by atoms with E-state index in [1.165, 1.54) is 0 Å². The molecule has 18 heavy (non-hydrogen) atoms. The number of rotatable bonds is 6. The van der Waals surface area contributed by atoms with E-state index in [0.29, 0.717) is 5.57 Å². The van der Waals surface area contributed by atoms with Crippen molar-refractivity contribution in [2.24, 2.45) is 0 Å². The van der Waals surface area contributed by atoms with E-state index < -0.39 is 5.97 Å². The average molecular weight is 256 g/mol. The Morgan fingerprint density at radius 3 is 2.00 bits per heavy atom. The summed E-state index contributed by atoms with van der Waals surface area (Å²) in [7, 11) is 0. The highest BCUT2D eigenvalue weighted by Gasteiger charge is 2.14. The summed E-state index contributed by atoms with van der Waals surface area (Å²) in [6, 6.07) is 0. The van der Waals surface area contributed by atoms with Crippen LogP contribution in [0.25, 0.3) is 0 Å². The molecule has 0 aromatic heterocycles. The third kappa shape index (κ3) is 9.59. The molecule has 0 fully saturated rings. The summed E-state index contributed by atoms with van der Waals surface area (Å²) in [6.45, 7) is 15.8. The zero-order valence-electron chi connectivity index (χ0n) is 11.6. The van der Waals surface area contributed by atoms with Gasteiger partial charge in [0.25, 0.3) is 0 Å². The Morgan fingerprint density at radius 1 is 1.39 bits per heavy atom. The van der Waals surface area contributed by atoms with Crippen LogP contribution in [0.5, 0.6) is 0 Å². The van der Waals surface area contributed by atoms with Gasteiger partial charge in [-0.25, -0.2) is 4.79 Å². The van der Waals surface area contributed by atoms with Crippen molar-refractivity contribution in [3.63, 3.8) is 0 Å². The Balaban J connectivity index is 0. The third-order valence-corrected chi connectivity index (χ3v) is 2.12. The van der Waals surface area contributed by atoms with Crippen LogP contribution < -0.4 is 5.11 Å². The molecule has 0 rings (SSSR count). The van der Waals surface area contributed by atoms with Gasteiger partial charge in [0, 0.05) is 5.57 Å². The van der Waals surface area contributed by atoms with Gasteiger partial charge in [-0.05, 0) is 33.0 Å². The maximum Gasteiger partial charge on any atom is 0.334 e. The van der Waals surface area contributed by atoms with Crippen molar-refractivity contribution in [3.8, 4) is 0 Å². The minimum Gasteiger partial charge on any atom is -0.545 e. The first kappa shape index (κ1) is 18.7. The predicted octanol–water partition coefficient (Wildman–Crippen LogP) is 0.716. The quantitative estimate of drug-likeness (QED) is 0.398. The third-order valence-electron chi connectivity index (χ3n) is 2.12. The highest BCUT2D eigenvalue weighted by atomic mass is 16.6. The smallest absolute Gasteiger partial charge is 0.334 e. The lowest BCUT2D eigenvalue weighted by atomic mass is 10.3. The van der Waals surface area contributed by atoms with Gasteiger partial charge in [-0.2, -0.15) is 0 Å². The fourth-order valence-electron chi connectivity index (χ4n) is 1.07. The number of ether oxygens (including phenoxy) is 1. The minimum absolute atomic E-state index is 0.167. The number of carboxylic acid groups (broad SMARTS) is 1. The fourth-order valence-corrected chi connectivity index (χ4v) is 1.07. The molecule has 104 valence electrons. The fraction of sp³-hybridized carbons (Fsp3) is 0.538. The van der Waals surface area contributed by atoms with Crippen LogP contribution in [-0.2, 0) is 14.3 Å². The molecule has 0 spiro atoms. The molecule has 1 atom stereocenters. The predicted molar refractivity (Wildman–Crippen MR) is 68.5 cm³/mol. The second kappa shape index (κ2) is 10.5. The van der Waals surface area contributed by atoms with E-state index in [9.17, 15) is 4.79 Å². The summed E-state index contributed by atoms with van der Waals surface area (Å²) in [5.41, 5.74) is 0.444. The standard InChI is InChI=1S/C10H19NO2.C3H4O2/c1-6-11(7-2)9(5)13-10(12)8(3)4;1-2-3(4)5/h9H,3,6-7H2,1-2,4-5H3;2H,1H2,(H,4,5)/p-1. The van der Waals surface area contributed by atoms with Crippen LogP contribution in [0.2, 0.25) is 0 Å². The molecule has 5 nitrogen and oxygen atoms in total. The first-order chi connectivity index (χ1) is 8.29. The molecule has 0 N–H and O–H groups in total. The maximum absolute atomic E-state index is 11.1. The summed E-state index contributed by atoms with van der Waals surface area (Å²) in [5.74, 6) is -1.55. The molecule has 0 aliphatic rings. The van der Waals surface area contributed by atoms with Gasteiger partial charge in [0.05, 0.1) is 5.97 Å². The molecular formula is C13H22NO4-. The zero-order valence-corrected chi connectivity index (χ0v) is 11.6. The maximum atomic E-state index is 11.1. The second-order valence-corrected chi connectivity index (χ2v) is 3.53. The lowest BCUT2D eigenvalue weighted by molar-refractivity contribution is -0.297. The summed E-state index contributed by atoms with van der Waals surface area (Å²) < 4.78 is 5.14. The Bertz CT molecular complexity index is 295. The number of aliphatic carboxylic acids is 1. The first-order valence-corrected chi connectivity index (χ1v) is 5.73. The minimum atomic E-state index is -1.23. The summed E-state index contributed by atoms with van der Waals surface area (Å²) in [4.78, 5) is 22.3. The first-order valence-electron chi connectivity index (χ1n) is 5.73. The molecule has 1 unspecified atom stereocenters. The van der Waals surface area contributed by atoms with Crippen molar-refractivity contribution >= 4 is 11.9 Å². The topological polar surface area (TPSA) is 69.7 Å². The normalized spacial score (nSPS) is 10.9. The average Bonchev–Trinajstić information content (AvgIpc) is 2.31. The molecule has 0 aromatic carbocycles. The second-order valence-electron chi connectivity index (χ2n) is 3.53. The molecule has 0 bridgehead atoms. The van der Waals surface area contributed by atoms with Crippen LogP contribution in [0.4, 0.5) is 0 Å². The van der Waals surface area contributed by atoms with Crippen molar-refractivity contribution in [2.45, 2.75) is 33.9 Å². The van der Waals surface area contributed by atoms with Crippen LogP contribution in [0.1, 0.15) is 27.7 Å². The zero-order chi connectivity index (χ0) is 14.7. The molecule has 0 aliphatic carbocycles. The molecule has 0 aliphatic heterocycles. The number of carbonyl (C=O) groups excluding carboxylic acids is 2. The number of esters is 1. The number of hydrogen-bond donors (Lipinski definition) is 0. The lowest BCUT2D eigenvalue weighted by Crippen LogP contribution is -2.36. The van der Waals surface area contributed by atoms with E-state index in [2.05, 4.69) is 18.1 Å². The van der Waals surface area contributed by atoms with Crippen molar-refractivity contribution in [1.29, 1.82) is 0 Å². The Kier molecular flexibility index (Phi) is 11.0. The van der Waals surface area contributed by atoms with Crippen LogP contribution in [0.3, 0.4) is 0 Å². The van der Waals surface area contributed by atoms with Crippen LogP contribution in [-0.4, -0.2) is 36.2 Å². The van der Waals surface area contributed by atoms with Gasteiger partial charge >= 0.3 is 5.97 Å². The van der Waals surface area contributed by atoms with Crippen molar-refractivity contribution < 1.29 is 19.4 Å². The SMILES string of the molecule is C=C(C)C(=O)OC(C)N(CC)CC.C=CC(=O)[O-]. The van der Waals surface area contributed by atoms with E-state index in [-0.39, 0.29) is 12.2 Å². The summed E-state index contributed by atoms with van der Waals surface area (Å²) >= 11 is 0. The highest BCUT2D eigenvalue weighted by Crippen LogP contribution is 2.03. The van der Waals surface area contributed by atoms with Gasteiger partial charge in [-0.1, -0.05) is 27.0 Å². The number of carbonyl (C=O) groups is 2. The molecule has 5 heteroatoms. The molecule has 0 saturated carbocycles. The largest absolute Gasteiger partial charge is 0.545 e. The van der Waals surface area contributed by atoms with Crippen molar-refractivity contribution in [3.05, 3.63) is 24.8 Å². The number of hydrogen-bond acceptors (Lipinski definition) is 5. The monoisotopic (exact) mass is 256 g/mol. The number of nitrogens with zero attached hydrogens (tertiary/aromatic N) is 1. The van der Waals surface area contributed by atoms with Gasteiger partial charge in [0.15, 0.2) is 6.23 Å².